The van der Waals surface area contributed by atoms with Crippen LogP contribution in [0.2, 0.25) is 0 Å². The van der Waals surface area contributed by atoms with Crippen LogP contribution < -0.4 is 5.32 Å². The van der Waals surface area contributed by atoms with Crippen molar-refractivity contribution in [1.82, 2.24) is 19.9 Å². The fourth-order valence-corrected chi connectivity index (χ4v) is 2.28. The van der Waals surface area contributed by atoms with E-state index in [9.17, 15) is 0 Å². The summed E-state index contributed by atoms with van der Waals surface area (Å²) in [6.45, 7) is 2.79. The van der Waals surface area contributed by atoms with Crippen LogP contribution in [-0.2, 0) is 6.54 Å². The third-order valence-corrected chi connectivity index (χ3v) is 3.18. The van der Waals surface area contributed by atoms with E-state index in [0.29, 0.717) is 0 Å². The van der Waals surface area contributed by atoms with Gasteiger partial charge in [0.25, 0.3) is 0 Å². The summed E-state index contributed by atoms with van der Waals surface area (Å²) < 4.78 is 2.12. The molecule has 0 fully saturated rings. The normalized spacial score (nSPS) is 11.1. The van der Waals surface area contributed by atoms with Crippen LogP contribution in [0.5, 0.6) is 0 Å². The van der Waals surface area contributed by atoms with Gasteiger partial charge < -0.3 is 5.32 Å². The quantitative estimate of drug-likeness (QED) is 0.778. The van der Waals surface area contributed by atoms with Gasteiger partial charge in [-0.1, -0.05) is 12.1 Å². The minimum Gasteiger partial charge on any atom is -0.316 e. The summed E-state index contributed by atoms with van der Waals surface area (Å²) in [6.07, 6.45) is 3.80. The topological polar surface area (TPSA) is 42.7 Å². The van der Waals surface area contributed by atoms with Crippen LogP contribution in [0.4, 0.5) is 0 Å². The minimum atomic E-state index is 0.787. The van der Waals surface area contributed by atoms with E-state index < -0.39 is 0 Å². The van der Waals surface area contributed by atoms with Crippen LogP contribution in [0.15, 0.2) is 42.9 Å². The third kappa shape index (κ3) is 2.11. The molecule has 0 saturated carbocycles. The van der Waals surface area contributed by atoms with Crippen LogP contribution in [-0.4, -0.2) is 21.6 Å². The number of nitrogens with zero attached hydrogens (tertiary/aromatic N) is 3. The van der Waals surface area contributed by atoms with Crippen molar-refractivity contribution in [2.75, 3.05) is 7.05 Å². The van der Waals surface area contributed by atoms with Gasteiger partial charge in [0, 0.05) is 24.0 Å². The lowest BCUT2D eigenvalue weighted by molar-refractivity contribution is 0.802. The van der Waals surface area contributed by atoms with Gasteiger partial charge in [-0.3, -0.25) is 9.55 Å². The zero-order valence-corrected chi connectivity index (χ0v) is 11.1. The Bertz CT molecular complexity index is 715. The summed E-state index contributed by atoms with van der Waals surface area (Å²) in [7, 11) is 1.94. The van der Waals surface area contributed by atoms with E-state index in [1.165, 1.54) is 0 Å². The first-order chi connectivity index (χ1) is 9.29. The van der Waals surface area contributed by atoms with Gasteiger partial charge in [-0.2, -0.15) is 0 Å². The molecule has 0 atom stereocenters. The number of para-hydroxylation sites is 2. The summed E-state index contributed by atoms with van der Waals surface area (Å²) in [5.74, 6) is 0. The summed E-state index contributed by atoms with van der Waals surface area (Å²) in [4.78, 5) is 8.82. The zero-order valence-electron chi connectivity index (χ0n) is 11.1. The Kier molecular flexibility index (Phi) is 3.01. The zero-order chi connectivity index (χ0) is 13.2. The molecule has 19 heavy (non-hydrogen) atoms. The number of imidazole rings is 1. The number of benzene rings is 1. The second-order valence-electron chi connectivity index (χ2n) is 4.59. The van der Waals surface area contributed by atoms with Gasteiger partial charge in [0.2, 0.25) is 0 Å². The number of pyridine rings is 1. The van der Waals surface area contributed by atoms with E-state index in [1.807, 2.05) is 44.7 Å². The van der Waals surface area contributed by atoms with Gasteiger partial charge in [0.05, 0.1) is 16.7 Å². The first-order valence-electron chi connectivity index (χ1n) is 6.32. The maximum absolute atomic E-state index is 4.45. The standard InChI is InChI=1S/C15H16N4/c1-11-7-15(12(8-16-2)9-17-11)19-10-18-13-5-3-4-6-14(13)19/h3-7,9-10,16H,8H2,1-2H3. The molecule has 0 saturated heterocycles. The van der Waals surface area contributed by atoms with Gasteiger partial charge in [-0.25, -0.2) is 4.98 Å². The molecule has 1 aromatic carbocycles. The fraction of sp³-hybridized carbons (Fsp3) is 0.200. The number of hydrogen-bond acceptors (Lipinski definition) is 3. The van der Waals surface area contributed by atoms with Crippen molar-refractivity contribution in [3.05, 3.63) is 54.1 Å². The summed E-state index contributed by atoms with van der Waals surface area (Å²) in [5.41, 5.74) is 5.43. The molecule has 0 aliphatic rings. The van der Waals surface area contributed by atoms with Crippen molar-refractivity contribution >= 4 is 11.0 Å². The Balaban J connectivity index is 2.23. The minimum absolute atomic E-state index is 0.787. The molecule has 96 valence electrons. The van der Waals surface area contributed by atoms with E-state index >= 15 is 0 Å². The van der Waals surface area contributed by atoms with Gasteiger partial charge in [-0.05, 0) is 32.2 Å². The summed E-state index contributed by atoms with van der Waals surface area (Å²) >= 11 is 0. The molecule has 2 heterocycles. The Morgan fingerprint density at radius 2 is 2.05 bits per heavy atom. The molecular formula is C15H16N4. The predicted molar refractivity (Wildman–Crippen MR) is 76.4 cm³/mol. The highest BCUT2D eigenvalue weighted by molar-refractivity contribution is 5.77. The second kappa shape index (κ2) is 4.82. The first kappa shape index (κ1) is 11.9. The highest BCUT2D eigenvalue weighted by Crippen LogP contribution is 2.21. The van der Waals surface area contributed by atoms with Crippen LogP contribution in [0.3, 0.4) is 0 Å². The molecule has 1 N–H and O–H groups in total. The smallest absolute Gasteiger partial charge is 0.100 e. The SMILES string of the molecule is CNCc1cnc(C)cc1-n1cnc2ccccc21. The van der Waals surface area contributed by atoms with Crippen molar-refractivity contribution in [3.63, 3.8) is 0 Å². The molecule has 3 rings (SSSR count). The Labute approximate surface area is 112 Å². The highest BCUT2D eigenvalue weighted by atomic mass is 15.1. The molecule has 3 aromatic rings. The van der Waals surface area contributed by atoms with Gasteiger partial charge >= 0.3 is 0 Å². The van der Waals surface area contributed by atoms with Crippen molar-refractivity contribution in [2.45, 2.75) is 13.5 Å². The molecule has 4 nitrogen and oxygen atoms in total. The lowest BCUT2D eigenvalue weighted by atomic mass is 10.2. The number of rotatable bonds is 3. The Hall–Kier alpha value is -2.20. The molecular weight excluding hydrogens is 236 g/mol. The van der Waals surface area contributed by atoms with E-state index in [0.717, 1.165) is 34.5 Å². The summed E-state index contributed by atoms with van der Waals surface area (Å²) in [6, 6.07) is 10.2. The molecule has 0 spiro atoms. The maximum atomic E-state index is 4.45. The van der Waals surface area contributed by atoms with Crippen LogP contribution in [0.1, 0.15) is 11.3 Å². The number of hydrogen-bond donors (Lipinski definition) is 1. The predicted octanol–water partition coefficient (Wildman–Crippen LogP) is 2.45. The fourth-order valence-electron chi connectivity index (χ4n) is 2.28. The lowest BCUT2D eigenvalue weighted by Crippen LogP contribution is -2.09. The number of aryl methyl sites for hydroxylation is 1. The van der Waals surface area contributed by atoms with Crippen LogP contribution in [0, 0.1) is 6.92 Å². The molecule has 0 aliphatic heterocycles. The molecule has 2 aromatic heterocycles. The van der Waals surface area contributed by atoms with Crippen molar-refractivity contribution in [3.8, 4) is 5.69 Å². The summed E-state index contributed by atoms with van der Waals surface area (Å²) in [5, 5.41) is 3.18. The van der Waals surface area contributed by atoms with Crippen molar-refractivity contribution in [1.29, 1.82) is 0 Å². The molecule has 0 amide bonds. The third-order valence-electron chi connectivity index (χ3n) is 3.18. The number of fused-ring (bicyclic) bond motifs is 1. The van der Waals surface area contributed by atoms with E-state index in [1.54, 1.807) is 0 Å². The van der Waals surface area contributed by atoms with Crippen LogP contribution >= 0.6 is 0 Å². The van der Waals surface area contributed by atoms with E-state index in [-0.39, 0.29) is 0 Å². The average Bonchev–Trinajstić information content (AvgIpc) is 2.85. The molecule has 0 bridgehead atoms. The highest BCUT2D eigenvalue weighted by Gasteiger charge is 2.09. The van der Waals surface area contributed by atoms with Gasteiger partial charge in [0.15, 0.2) is 0 Å². The molecule has 0 radical (unpaired) electrons. The largest absolute Gasteiger partial charge is 0.316 e. The number of nitrogens with one attached hydrogen (secondary N) is 1. The molecule has 0 unspecified atom stereocenters. The van der Waals surface area contributed by atoms with Gasteiger partial charge in [0.1, 0.15) is 6.33 Å². The maximum Gasteiger partial charge on any atom is 0.100 e. The molecule has 4 heteroatoms. The van der Waals surface area contributed by atoms with E-state index in [4.69, 9.17) is 0 Å². The first-order valence-corrected chi connectivity index (χ1v) is 6.32. The lowest BCUT2D eigenvalue weighted by Gasteiger charge is -2.11. The van der Waals surface area contributed by atoms with E-state index in [2.05, 4.69) is 32.0 Å². The molecule has 0 aliphatic carbocycles. The van der Waals surface area contributed by atoms with Crippen molar-refractivity contribution < 1.29 is 0 Å². The average molecular weight is 252 g/mol. The van der Waals surface area contributed by atoms with Crippen molar-refractivity contribution in [2.24, 2.45) is 0 Å². The Morgan fingerprint density at radius 3 is 2.89 bits per heavy atom. The number of aromatic nitrogens is 3. The van der Waals surface area contributed by atoms with Gasteiger partial charge in [-0.15, -0.1) is 0 Å². The Morgan fingerprint density at radius 1 is 1.21 bits per heavy atom. The monoisotopic (exact) mass is 252 g/mol. The second-order valence-corrected chi connectivity index (χ2v) is 4.59. The van der Waals surface area contributed by atoms with Crippen LogP contribution in [0.25, 0.3) is 16.7 Å².